The number of carbonyl (C=O) groups is 1. The number of benzene rings is 1. The normalized spacial score (nSPS) is 10.9. The van der Waals surface area contributed by atoms with Crippen molar-refractivity contribution in [2.75, 3.05) is 21.3 Å². The van der Waals surface area contributed by atoms with E-state index in [9.17, 15) is 4.79 Å². The van der Waals surface area contributed by atoms with Crippen molar-refractivity contribution >= 4 is 5.78 Å². The van der Waals surface area contributed by atoms with E-state index in [1.807, 2.05) is 6.92 Å². The van der Waals surface area contributed by atoms with Gasteiger partial charge in [0.05, 0.1) is 21.3 Å². The van der Waals surface area contributed by atoms with Crippen LogP contribution in [0.1, 0.15) is 24.2 Å². The second-order valence-electron chi connectivity index (χ2n) is 4.42. The van der Waals surface area contributed by atoms with Crippen LogP contribution < -0.4 is 14.2 Å². The zero-order valence-electron chi connectivity index (χ0n) is 12.6. The number of carbonyl (C=O) groups excluding carboxylic acids is 1. The van der Waals surface area contributed by atoms with Gasteiger partial charge in [0.2, 0.25) is 5.75 Å². The van der Waals surface area contributed by atoms with Gasteiger partial charge in [0.15, 0.2) is 17.3 Å². The number of rotatable bonds is 6. The quantitative estimate of drug-likeness (QED) is 0.454. The van der Waals surface area contributed by atoms with Crippen LogP contribution >= 0.6 is 0 Å². The molecule has 0 aliphatic rings. The lowest BCUT2D eigenvalue weighted by molar-refractivity contribution is 0.103. The molecule has 0 aliphatic carbocycles. The maximum atomic E-state index is 12.4. The molecule has 0 saturated carbocycles. The highest BCUT2D eigenvalue weighted by molar-refractivity contribution is 6.09. The maximum Gasteiger partial charge on any atom is 0.203 e. The van der Waals surface area contributed by atoms with Gasteiger partial charge in [-0.15, -0.1) is 0 Å². The molecule has 0 unspecified atom stereocenters. The van der Waals surface area contributed by atoms with E-state index in [1.54, 1.807) is 25.1 Å². The number of ether oxygens (including phenoxy) is 3. The molecule has 0 bridgehead atoms. The standard InChI is InChI=1S/C16H20O4/c1-10(2)7-11(3)15(17)12-8-13(18-4)16(20-6)14(9-12)19-5/h7-9H,1H2,2-6H3/b11-7+. The number of allylic oxidation sites excluding steroid dienone is 3. The average Bonchev–Trinajstić information content (AvgIpc) is 2.43. The van der Waals surface area contributed by atoms with E-state index in [4.69, 9.17) is 14.2 Å². The zero-order chi connectivity index (χ0) is 15.3. The van der Waals surface area contributed by atoms with Crippen LogP contribution in [0.4, 0.5) is 0 Å². The Morgan fingerprint density at radius 2 is 1.55 bits per heavy atom. The predicted octanol–water partition coefficient (Wildman–Crippen LogP) is 3.42. The summed E-state index contributed by atoms with van der Waals surface area (Å²) in [6, 6.07) is 3.28. The molecule has 4 nitrogen and oxygen atoms in total. The average molecular weight is 276 g/mol. The summed E-state index contributed by atoms with van der Waals surface area (Å²) in [6.07, 6.45) is 1.74. The van der Waals surface area contributed by atoms with Crippen molar-refractivity contribution in [2.45, 2.75) is 13.8 Å². The lowest BCUT2D eigenvalue weighted by Gasteiger charge is -2.13. The molecule has 0 fully saturated rings. The Bertz CT molecular complexity index is 531. The van der Waals surface area contributed by atoms with Gasteiger partial charge >= 0.3 is 0 Å². The van der Waals surface area contributed by atoms with Gasteiger partial charge in [-0.25, -0.2) is 0 Å². The fourth-order valence-corrected chi connectivity index (χ4v) is 1.87. The number of methoxy groups -OCH3 is 3. The lowest BCUT2D eigenvalue weighted by Crippen LogP contribution is -2.04. The number of hydrogen-bond acceptors (Lipinski definition) is 4. The topological polar surface area (TPSA) is 44.8 Å². The molecular weight excluding hydrogens is 256 g/mol. The molecule has 0 amide bonds. The second-order valence-corrected chi connectivity index (χ2v) is 4.42. The van der Waals surface area contributed by atoms with Crippen molar-refractivity contribution < 1.29 is 19.0 Å². The summed E-state index contributed by atoms with van der Waals surface area (Å²) >= 11 is 0. The lowest BCUT2D eigenvalue weighted by atomic mass is 10.0. The summed E-state index contributed by atoms with van der Waals surface area (Å²) in [4.78, 5) is 12.4. The molecule has 4 heteroatoms. The van der Waals surface area contributed by atoms with Crippen LogP contribution in [0.2, 0.25) is 0 Å². The first kappa shape index (κ1) is 15.8. The van der Waals surface area contributed by atoms with Crippen molar-refractivity contribution in [1.29, 1.82) is 0 Å². The van der Waals surface area contributed by atoms with E-state index >= 15 is 0 Å². The molecular formula is C16H20O4. The van der Waals surface area contributed by atoms with Gasteiger partial charge in [-0.3, -0.25) is 4.79 Å². The van der Waals surface area contributed by atoms with Gasteiger partial charge in [0, 0.05) is 5.56 Å². The number of Topliss-reactive ketones (excluding diaryl/α,β-unsaturated/α-hetero) is 1. The molecule has 108 valence electrons. The van der Waals surface area contributed by atoms with E-state index in [1.165, 1.54) is 21.3 Å². The van der Waals surface area contributed by atoms with Gasteiger partial charge in [-0.2, -0.15) is 0 Å². The minimum atomic E-state index is -0.104. The first-order chi connectivity index (χ1) is 9.44. The first-order valence-corrected chi connectivity index (χ1v) is 6.13. The van der Waals surface area contributed by atoms with Crippen LogP contribution in [0, 0.1) is 0 Å². The van der Waals surface area contributed by atoms with E-state index in [2.05, 4.69) is 6.58 Å². The van der Waals surface area contributed by atoms with Crippen molar-refractivity contribution in [1.82, 2.24) is 0 Å². The van der Waals surface area contributed by atoms with Gasteiger partial charge in [0.1, 0.15) is 0 Å². The van der Waals surface area contributed by atoms with Crippen LogP contribution in [-0.2, 0) is 0 Å². The minimum absolute atomic E-state index is 0.104. The third-order valence-electron chi connectivity index (χ3n) is 2.75. The Morgan fingerprint density at radius 1 is 1.05 bits per heavy atom. The van der Waals surface area contributed by atoms with E-state index in [0.29, 0.717) is 28.4 Å². The molecule has 0 heterocycles. The number of ketones is 1. The Kier molecular flexibility index (Phi) is 5.38. The summed E-state index contributed by atoms with van der Waals surface area (Å²) in [7, 11) is 4.55. The van der Waals surface area contributed by atoms with Gasteiger partial charge in [-0.1, -0.05) is 18.2 Å². The Labute approximate surface area is 119 Å². The van der Waals surface area contributed by atoms with Gasteiger partial charge in [0.25, 0.3) is 0 Å². The van der Waals surface area contributed by atoms with Crippen molar-refractivity contribution in [3.63, 3.8) is 0 Å². The molecule has 0 saturated heterocycles. The van der Waals surface area contributed by atoms with Crippen LogP contribution in [0.5, 0.6) is 17.2 Å². The molecule has 0 atom stereocenters. The van der Waals surface area contributed by atoms with Crippen molar-refractivity contribution in [2.24, 2.45) is 0 Å². The molecule has 0 spiro atoms. The highest BCUT2D eigenvalue weighted by Gasteiger charge is 2.17. The summed E-state index contributed by atoms with van der Waals surface area (Å²) in [5, 5.41) is 0. The largest absolute Gasteiger partial charge is 0.493 e. The molecule has 1 aromatic rings. The Balaban J connectivity index is 3.33. The monoisotopic (exact) mass is 276 g/mol. The smallest absolute Gasteiger partial charge is 0.203 e. The van der Waals surface area contributed by atoms with Crippen LogP contribution in [0.3, 0.4) is 0 Å². The summed E-state index contributed by atoms with van der Waals surface area (Å²) in [6.45, 7) is 7.36. The molecule has 0 radical (unpaired) electrons. The van der Waals surface area contributed by atoms with Gasteiger partial charge in [-0.05, 0) is 31.6 Å². The summed E-state index contributed by atoms with van der Waals surface area (Å²) < 4.78 is 15.7. The highest BCUT2D eigenvalue weighted by atomic mass is 16.5. The molecule has 1 aromatic carbocycles. The third-order valence-corrected chi connectivity index (χ3v) is 2.75. The van der Waals surface area contributed by atoms with Crippen LogP contribution in [0.25, 0.3) is 0 Å². The SMILES string of the molecule is C=C(C)/C=C(\C)C(=O)c1cc(OC)c(OC)c(OC)c1. The Hall–Kier alpha value is -2.23. The van der Waals surface area contributed by atoms with Crippen LogP contribution in [-0.4, -0.2) is 27.1 Å². The minimum Gasteiger partial charge on any atom is -0.493 e. The number of hydrogen-bond donors (Lipinski definition) is 0. The van der Waals surface area contributed by atoms with E-state index in [0.717, 1.165) is 5.57 Å². The molecule has 0 aromatic heterocycles. The van der Waals surface area contributed by atoms with Crippen molar-refractivity contribution in [3.8, 4) is 17.2 Å². The molecule has 0 N–H and O–H groups in total. The fraction of sp³-hybridized carbons (Fsp3) is 0.312. The molecule has 0 aliphatic heterocycles. The first-order valence-electron chi connectivity index (χ1n) is 6.13. The summed E-state index contributed by atoms with van der Waals surface area (Å²) in [5.41, 5.74) is 1.91. The van der Waals surface area contributed by atoms with E-state index in [-0.39, 0.29) is 5.78 Å². The van der Waals surface area contributed by atoms with E-state index < -0.39 is 0 Å². The predicted molar refractivity (Wildman–Crippen MR) is 79.0 cm³/mol. The summed E-state index contributed by atoms with van der Waals surface area (Å²) in [5.74, 6) is 1.27. The van der Waals surface area contributed by atoms with Crippen LogP contribution in [0.15, 0.2) is 35.9 Å². The molecule has 20 heavy (non-hydrogen) atoms. The third kappa shape index (κ3) is 3.41. The Morgan fingerprint density at radius 3 is 1.90 bits per heavy atom. The van der Waals surface area contributed by atoms with Gasteiger partial charge < -0.3 is 14.2 Å². The second kappa shape index (κ2) is 6.80. The zero-order valence-corrected chi connectivity index (χ0v) is 12.6. The fourth-order valence-electron chi connectivity index (χ4n) is 1.87. The maximum absolute atomic E-state index is 12.4. The highest BCUT2D eigenvalue weighted by Crippen LogP contribution is 2.38. The van der Waals surface area contributed by atoms with Crippen molar-refractivity contribution in [3.05, 3.63) is 41.5 Å². The molecule has 1 rings (SSSR count).